The van der Waals surface area contributed by atoms with E-state index in [4.69, 9.17) is 6.57 Å². The molecule has 2 rings (SSSR count). The maximum absolute atomic E-state index is 13.0. The largest absolute Gasteiger partial charge is 0.416 e. The minimum Gasteiger partial charge on any atom is -0.382 e. The maximum Gasteiger partial charge on any atom is 0.416 e. The zero-order chi connectivity index (χ0) is 17.4. The Morgan fingerprint density at radius 3 is 2.39 bits per heavy atom. The third kappa shape index (κ3) is 3.52. The number of aliphatic hydroxyl groups excluding tert-OH is 1. The molecule has 9 heteroatoms. The molecule has 126 valence electrons. The zero-order valence-corrected chi connectivity index (χ0v) is 11.6. The van der Waals surface area contributed by atoms with Gasteiger partial charge in [-0.25, -0.2) is 4.85 Å². The molecule has 0 radical (unpaired) electrons. The molecule has 1 saturated heterocycles. The first-order valence-corrected chi connectivity index (χ1v) is 6.66. The Balaban J connectivity index is 2.40. The second-order valence-corrected chi connectivity index (χ2v) is 5.20. The number of alkyl halides is 6. The number of aliphatic hydroxyl groups is 1. The Bertz CT molecular complexity index is 619. The molecular weight excluding hydrogens is 326 g/mol. The van der Waals surface area contributed by atoms with Crippen LogP contribution in [0.1, 0.15) is 18.4 Å². The number of anilines is 1. The van der Waals surface area contributed by atoms with E-state index in [-0.39, 0.29) is 18.7 Å². The van der Waals surface area contributed by atoms with Gasteiger partial charge in [-0.1, -0.05) is 6.07 Å². The molecule has 1 N–H and O–H groups in total. The Hall–Kier alpha value is -1.95. The molecule has 0 saturated carbocycles. The van der Waals surface area contributed by atoms with Crippen molar-refractivity contribution in [1.29, 1.82) is 0 Å². The zero-order valence-electron chi connectivity index (χ0n) is 11.6. The van der Waals surface area contributed by atoms with Gasteiger partial charge in [0.05, 0.1) is 18.2 Å². The Morgan fingerprint density at radius 2 is 1.87 bits per heavy atom. The van der Waals surface area contributed by atoms with E-state index in [0.29, 0.717) is 12.5 Å². The fourth-order valence-corrected chi connectivity index (χ4v) is 2.69. The highest BCUT2D eigenvalue weighted by Crippen LogP contribution is 2.41. The molecule has 1 aromatic rings. The Morgan fingerprint density at radius 1 is 1.22 bits per heavy atom. The molecule has 0 aromatic heterocycles. The van der Waals surface area contributed by atoms with Crippen LogP contribution in [0.25, 0.3) is 4.85 Å². The number of nitrogens with zero attached hydrogens (tertiary/aromatic N) is 2. The number of benzene rings is 1. The van der Waals surface area contributed by atoms with Crippen LogP contribution in [-0.4, -0.2) is 30.0 Å². The molecule has 0 aliphatic carbocycles. The lowest BCUT2D eigenvalue weighted by Gasteiger charge is -2.32. The molecule has 3 nitrogen and oxygen atoms in total. The summed E-state index contributed by atoms with van der Waals surface area (Å²) in [4.78, 5) is 3.89. The maximum atomic E-state index is 13.0. The molecule has 1 fully saturated rings. The third-order valence-corrected chi connectivity index (χ3v) is 3.74. The standard InChI is InChI=1S/C14H12F6N2O/c1-21-10-5-4-8(7-9(10)13(15,16)17)22-6-2-3-11(22)12(23)14(18,19)20/h4-5,7,11-12,23H,2-3,6H2/t11-,12-/m1/s1. The van der Waals surface area contributed by atoms with E-state index in [0.717, 1.165) is 11.0 Å². The topological polar surface area (TPSA) is 27.8 Å². The van der Waals surface area contributed by atoms with Gasteiger partial charge in [-0.15, -0.1) is 0 Å². The number of hydrogen-bond donors (Lipinski definition) is 1. The predicted molar refractivity (Wildman–Crippen MR) is 70.1 cm³/mol. The van der Waals surface area contributed by atoms with Crippen LogP contribution in [-0.2, 0) is 6.18 Å². The van der Waals surface area contributed by atoms with Crippen LogP contribution in [0.5, 0.6) is 0 Å². The first-order valence-electron chi connectivity index (χ1n) is 6.66. The van der Waals surface area contributed by atoms with Crippen LogP contribution < -0.4 is 4.90 Å². The van der Waals surface area contributed by atoms with Crippen molar-refractivity contribution < 1.29 is 31.4 Å². The van der Waals surface area contributed by atoms with Crippen molar-refractivity contribution in [3.63, 3.8) is 0 Å². The normalized spacial score (nSPS) is 20.4. The number of rotatable bonds is 2. The highest BCUT2D eigenvalue weighted by molar-refractivity contribution is 5.63. The summed E-state index contributed by atoms with van der Waals surface area (Å²) >= 11 is 0. The molecule has 23 heavy (non-hydrogen) atoms. The highest BCUT2D eigenvalue weighted by atomic mass is 19.4. The van der Waals surface area contributed by atoms with Gasteiger partial charge in [0.15, 0.2) is 11.8 Å². The second-order valence-electron chi connectivity index (χ2n) is 5.20. The fraction of sp³-hybridized carbons (Fsp3) is 0.500. The van der Waals surface area contributed by atoms with Crippen LogP contribution in [0.15, 0.2) is 18.2 Å². The van der Waals surface area contributed by atoms with Gasteiger partial charge in [0.25, 0.3) is 0 Å². The van der Waals surface area contributed by atoms with E-state index in [1.54, 1.807) is 0 Å². The quantitative estimate of drug-likeness (QED) is 0.648. The van der Waals surface area contributed by atoms with Gasteiger partial charge in [-0.3, -0.25) is 0 Å². The molecule has 0 amide bonds. The van der Waals surface area contributed by atoms with Crippen molar-refractivity contribution in [3.05, 3.63) is 35.2 Å². The Kier molecular flexibility index (Phi) is 4.48. The summed E-state index contributed by atoms with van der Waals surface area (Å²) in [6.07, 6.45) is -11.9. The van der Waals surface area contributed by atoms with Crippen LogP contribution in [0, 0.1) is 6.57 Å². The smallest absolute Gasteiger partial charge is 0.382 e. The van der Waals surface area contributed by atoms with Gasteiger partial charge in [-0.05, 0) is 25.0 Å². The monoisotopic (exact) mass is 338 g/mol. The average Bonchev–Trinajstić information content (AvgIpc) is 2.93. The molecule has 1 aliphatic rings. The lowest BCUT2D eigenvalue weighted by molar-refractivity contribution is -0.209. The van der Waals surface area contributed by atoms with Crippen LogP contribution >= 0.6 is 0 Å². The van der Waals surface area contributed by atoms with Crippen molar-refractivity contribution in [2.24, 2.45) is 0 Å². The van der Waals surface area contributed by atoms with Crippen molar-refractivity contribution >= 4 is 11.4 Å². The van der Waals surface area contributed by atoms with Gasteiger partial charge >= 0.3 is 12.4 Å². The van der Waals surface area contributed by atoms with Crippen molar-refractivity contribution in [3.8, 4) is 0 Å². The van der Waals surface area contributed by atoms with E-state index >= 15 is 0 Å². The number of halogens is 6. The van der Waals surface area contributed by atoms with Crippen LogP contribution in [0.2, 0.25) is 0 Å². The van der Waals surface area contributed by atoms with E-state index in [9.17, 15) is 31.4 Å². The summed E-state index contributed by atoms with van der Waals surface area (Å²) in [5.74, 6) is 0. The van der Waals surface area contributed by atoms with Gasteiger partial charge in [0.1, 0.15) is 0 Å². The summed E-state index contributed by atoms with van der Waals surface area (Å²) in [6, 6.07) is 1.43. The minimum atomic E-state index is -4.85. The first-order chi connectivity index (χ1) is 10.6. The lowest BCUT2D eigenvalue weighted by Crippen LogP contribution is -2.47. The SMILES string of the molecule is [C-]#[N+]c1ccc(N2CCC[C@@H]2[C@@H](O)C(F)(F)F)cc1C(F)(F)F. The van der Waals surface area contributed by atoms with E-state index in [2.05, 4.69) is 4.85 Å². The summed E-state index contributed by atoms with van der Waals surface area (Å²) < 4.78 is 76.9. The molecular formula is C14H12F6N2O. The molecule has 2 atom stereocenters. The van der Waals surface area contributed by atoms with Crippen LogP contribution in [0.3, 0.4) is 0 Å². The number of hydrogen-bond acceptors (Lipinski definition) is 2. The van der Waals surface area contributed by atoms with Crippen LogP contribution in [0.4, 0.5) is 37.7 Å². The fourth-order valence-electron chi connectivity index (χ4n) is 2.69. The molecule has 0 spiro atoms. The van der Waals surface area contributed by atoms with Gasteiger partial charge < -0.3 is 10.0 Å². The summed E-state index contributed by atoms with van der Waals surface area (Å²) in [5.41, 5.74) is -1.90. The lowest BCUT2D eigenvalue weighted by atomic mass is 10.1. The van der Waals surface area contributed by atoms with Crippen molar-refractivity contribution in [2.75, 3.05) is 11.4 Å². The molecule has 1 heterocycles. The Labute approximate surface area is 127 Å². The van der Waals surface area contributed by atoms with Gasteiger partial charge in [0.2, 0.25) is 0 Å². The third-order valence-electron chi connectivity index (χ3n) is 3.74. The summed E-state index contributed by atoms with van der Waals surface area (Å²) in [5, 5.41) is 9.41. The van der Waals surface area contributed by atoms with Crippen molar-refractivity contribution in [1.82, 2.24) is 0 Å². The van der Waals surface area contributed by atoms with Gasteiger partial charge in [-0.2, -0.15) is 26.3 Å². The van der Waals surface area contributed by atoms with E-state index < -0.39 is 35.7 Å². The summed E-state index contributed by atoms with van der Waals surface area (Å²) in [6.45, 7) is 6.86. The average molecular weight is 338 g/mol. The molecule has 1 aliphatic heterocycles. The van der Waals surface area contributed by atoms with E-state index in [1.807, 2.05) is 0 Å². The summed E-state index contributed by atoms with van der Waals surface area (Å²) in [7, 11) is 0. The first kappa shape index (κ1) is 17.4. The second kappa shape index (κ2) is 5.92. The minimum absolute atomic E-state index is 0.0204. The molecule has 0 bridgehead atoms. The van der Waals surface area contributed by atoms with Crippen molar-refractivity contribution in [2.45, 2.75) is 37.3 Å². The molecule has 1 aromatic carbocycles. The van der Waals surface area contributed by atoms with Gasteiger partial charge in [0, 0.05) is 12.2 Å². The highest BCUT2D eigenvalue weighted by Gasteiger charge is 2.47. The van der Waals surface area contributed by atoms with E-state index in [1.165, 1.54) is 6.07 Å². The molecule has 0 unspecified atom stereocenters. The predicted octanol–water partition coefficient (Wildman–Crippen LogP) is 4.15.